The highest BCUT2D eigenvalue weighted by Crippen LogP contribution is 2.13. The third-order valence-corrected chi connectivity index (χ3v) is 1.85. The molecular weight excluding hydrogens is 138 g/mol. The van der Waals surface area contributed by atoms with Gasteiger partial charge in [0.05, 0.1) is 0 Å². The molecule has 0 saturated carbocycles. The Morgan fingerprint density at radius 3 is 3.00 bits per heavy atom. The van der Waals surface area contributed by atoms with Crippen molar-refractivity contribution >= 4 is 11.1 Å². The second-order valence-electron chi connectivity index (χ2n) is 2.79. The molecule has 0 aliphatic carbocycles. The summed E-state index contributed by atoms with van der Waals surface area (Å²) in [6.07, 6.45) is 2.03. The molecule has 0 aliphatic rings. The van der Waals surface area contributed by atoms with Gasteiger partial charge in [0.25, 0.3) is 0 Å². The van der Waals surface area contributed by atoms with Gasteiger partial charge in [-0.15, -0.1) is 0 Å². The fraction of sp³-hybridized carbons (Fsp3) is 0.222. The van der Waals surface area contributed by atoms with Gasteiger partial charge in [0, 0.05) is 19.1 Å². The lowest BCUT2D eigenvalue weighted by atomic mass is 10.4. The van der Waals surface area contributed by atoms with Gasteiger partial charge >= 0.3 is 11.1 Å². The van der Waals surface area contributed by atoms with Crippen molar-refractivity contribution in [3.8, 4) is 0 Å². The van der Waals surface area contributed by atoms with E-state index in [1.54, 1.807) is 0 Å². The Kier molecular flexibility index (Phi) is 1.22. The topological polar surface area (TPSA) is 16.7 Å². The van der Waals surface area contributed by atoms with Gasteiger partial charge in [0.1, 0.15) is 13.1 Å². The molecule has 2 rings (SSSR count). The van der Waals surface area contributed by atoms with Crippen LogP contribution in [0.1, 0.15) is 5.76 Å². The van der Waals surface area contributed by atoms with E-state index in [1.807, 2.05) is 32.3 Å². The zero-order valence-electron chi connectivity index (χ0n) is 6.70. The van der Waals surface area contributed by atoms with Crippen LogP contribution in [0.4, 0.5) is 0 Å². The van der Waals surface area contributed by atoms with Crippen molar-refractivity contribution in [1.29, 1.82) is 0 Å². The van der Waals surface area contributed by atoms with Crippen molar-refractivity contribution in [2.75, 3.05) is 0 Å². The maximum atomic E-state index is 4.35. The third-order valence-electron chi connectivity index (χ3n) is 1.85. The van der Waals surface area contributed by atoms with E-state index >= 15 is 0 Å². The fourth-order valence-corrected chi connectivity index (χ4v) is 1.30. The third kappa shape index (κ3) is 0.909. The highest BCUT2D eigenvalue weighted by molar-refractivity contribution is 5.69. The van der Waals surface area contributed by atoms with Crippen LogP contribution in [0.25, 0.3) is 11.1 Å². The first-order valence-electron chi connectivity index (χ1n) is 3.66. The van der Waals surface area contributed by atoms with E-state index in [4.69, 9.17) is 0 Å². The first-order chi connectivity index (χ1) is 5.27. The summed E-state index contributed by atoms with van der Waals surface area (Å²) in [6.45, 7) is 2.01. The standard InChI is InChI=1S/C9H10NO/c1-7-6-8-9(11-7)4-3-5-10(8)2/h3-6H,1-2H3/q+1/p+1. The molecule has 2 nitrogen and oxygen atoms in total. The summed E-state index contributed by atoms with van der Waals surface area (Å²) in [5, 5.41) is 0. The summed E-state index contributed by atoms with van der Waals surface area (Å²) in [6, 6.07) is 6.13. The average molecular weight is 149 g/mol. The van der Waals surface area contributed by atoms with Gasteiger partial charge in [0.2, 0.25) is 5.76 Å². The first kappa shape index (κ1) is 6.40. The number of pyridine rings is 1. The maximum Gasteiger partial charge on any atom is 0.334 e. The number of hydrogen-bond acceptors (Lipinski definition) is 0. The van der Waals surface area contributed by atoms with Crippen molar-refractivity contribution in [2.24, 2.45) is 7.05 Å². The predicted octanol–water partition coefficient (Wildman–Crippen LogP) is 1.68. The van der Waals surface area contributed by atoms with Crippen molar-refractivity contribution in [2.45, 2.75) is 6.92 Å². The molecule has 56 valence electrons. The Hall–Kier alpha value is -1.31. The van der Waals surface area contributed by atoms with E-state index in [-0.39, 0.29) is 0 Å². The van der Waals surface area contributed by atoms with Crippen LogP contribution in [-0.4, -0.2) is 0 Å². The minimum atomic E-state index is 1.08. The fourth-order valence-electron chi connectivity index (χ4n) is 1.30. The molecule has 0 aromatic carbocycles. The molecule has 11 heavy (non-hydrogen) atoms. The van der Waals surface area contributed by atoms with Gasteiger partial charge in [0.15, 0.2) is 6.20 Å². The number of fused-ring (bicyclic) bond motifs is 1. The SMILES string of the molecule is Cc1cc2c(ccc[n+]2C)[oH+]1. The van der Waals surface area contributed by atoms with Crippen LogP contribution in [-0.2, 0) is 7.05 Å². The number of nitrogens with zero attached hydrogens (tertiary/aromatic N) is 1. The zero-order chi connectivity index (χ0) is 7.84. The minimum absolute atomic E-state index is 1.08. The van der Waals surface area contributed by atoms with Crippen LogP contribution >= 0.6 is 0 Å². The molecule has 0 unspecified atom stereocenters. The molecule has 2 aromatic heterocycles. The second-order valence-corrected chi connectivity index (χ2v) is 2.79. The first-order valence-corrected chi connectivity index (χ1v) is 3.66. The molecule has 0 saturated heterocycles. The van der Waals surface area contributed by atoms with Gasteiger partial charge in [-0.05, 0) is 0 Å². The Labute approximate surface area is 65.1 Å². The number of rotatable bonds is 0. The van der Waals surface area contributed by atoms with Crippen molar-refractivity contribution in [1.82, 2.24) is 0 Å². The minimum Gasteiger partial charge on any atom is -0.545 e. The normalized spacial score (nSPS) is 10.7. The van der Waals surface area contributed by atoms with Crippen LogP contribution in [0.15, 0.2) is 28.8 Å². The molecule has 2 heteroatoms. The van der Waals surface area contributed by atoms with Gasteiger partial charge < -0.3 is 4.42 Å². The molecule has 0 radical (unpaired) electrons. The van der Waals surface area contributed by atoms with Crippen LogP contribution < -0.4 is 4.57 Å². The van der Waals surface area contributed by atoms with Gasteiger partial charge in [-0.1, -0.05) is 0 Å². The molecule has 1 N–H and O–H groups in total. The lowest BCUT2D eigenvalue weighted by Crippen LogP contribution is -2.26. The molecule has 0 fully saturated rings. The molecule has 2 aromatic rings. The maximum absolute atomic E-state index is 4.35. The van der Waals surface area contributed by atoms with E-state index in [9.17, 15) is 0 Å². The number of aromatic nitrogens is 1. The molecule has 0 amide bonds. The lowest BCUT2D eigenvalue weighted by Gasteiger charge is -1.82. The summed E-state index contributed by atoms with van der Waals surface area (Å²) in [4.78, 5) is 0. The largest absolute Gasteiger partial charge is 0.545 e. The average Bonchev–Trinajstić information content (AvgIpc) is 2.31. The van der Waals surface area contributed by atoms with E-state index in [1.165, 1.54) is 5.52 Å². The predicted molar refractivity (Wildman–Crippen MR) is 43.2 cm³/mol. The summed E-state index contributed by atoms with van der Waals surface area (Å²) >= 11 is 0. The zero-order valence-corrected chi connectivity index (χ0v) is 6.70. The van der Waals surface area contributed by atoms with Crippen LogP contribution in [0, 0.1) is 6.92 Å². The summed E-state index contributed by atoms with van der Waals surface area (Å²) in [5.41, 5.74) is 2.28. The quantitative estimate of drug-likeness (QED) is 0.400. The van der Waals surface area contributed by atoms with Crippen molar-refractivity contribution < 1.29 is 8.98 Å². The van der Waals surface area contributed by atoms with Crippen LogP contribution in [0.3, 0.4) is 0 Å². The molecule has 2 heterocycles. The number of hydrogen-bond donors (Lipinski definition) is 0. The highest BCUT2D eigenvalue weighted by Gasteiger charge is 2.13. The van der Waals surface area contributed by atoms with Crippen LogP contribution in [0.5, 0.6) is 0 Å². The molecule has 0 aliphatic heterocycles. The lowest BCUT2D eigenvalue weighted by molar-refractivity contribution is -0.644. The Balaban J connectivity index is 2.90. The molecular formula is C9H11NO+2. The van der Waals surface area contributed by atoms with Crippen molar-refractivity contribution in [3.05, 3.63) is 30.2 Å². The molecule has 0 atom stereocenters. The van der Waals surface area contributed by atoms with Gasteiger partial charge in [-0.3, -0.25) is 0 Å². The Morgan fingerprint density at radius 1 is 1.45 bits per heavy atom. The molecule has 0 bridgehead atoms. The summed E-state index contributed by atoms with van der Waals surface area (Å²) in [5.74, 6) is 1.09. The highest BCUT2D eigenvalue weighted by atomic mass is 16.3. The Morgan fingerprint density at radius 2 is 2.27 bits per heavy atom. The van der Waals surface area contributed by atoms with Crippen molar-refractivity contribution in [3.63, 3.8) is 0 Å². The second kappa shape index (κ2) is 2.09. The van der Waals surface area contributed by atoms with Gasteiger partial charge in [-0.25, -0.2) is 0 Å². The summed E-state index contributed by atoms with van der Waals surface area (Å²) < 4.78 is 6.43. The Bertz CT molecular complexity index is 389. The van der Waals surface area contributed by atoms with E-state index in [0.717, 1.165) is 11.3 Å². The van der Waals surface area contributed by atoms with E-state index < -0.39 is 0 Å². The monoisotopic (exact) mass is 149 g/mol. The summed E-state index contributed by atoms with van der Waals surface area (Å²) in [7, 11) is 2.03. The molecule has 0 spiro atoms. The number of furan rings is 1. The van der Waals surface area contributed by atoms with Crippen LogP contribution in [0.2, 0.25) is 0 Å². The van der Waals surface area contributed by atoms with E-state index in [0.29, 0.717) is 0 Å². The smallest absolute Gasteiger partial charge is 0.334 e. The number of aryl methyl sites for hydroxylation is 2. The van der Waals surface area contributed by atoms with Gasteiger partial charge in [-0.2, -0.15) is 4.57 Å². The van der Waals surface area contributed by atoms with E-state index in [2.05, 4.69) is 15.1 Å².